The molecule has 7 heteroatoms. The molecule has 0 aliphatic heterocycles. The monoisotopic (exact) mass is 376 g/mol. The molecule has 0 radical (unpaired) electrons. The van der Waals surface area contributed by atoms with E-state index in [-0.39, 0.29) is 22.9 Å². The number of methoxy groups -OCH3 is 1. The number of pyridine rings is 1. The van der Waals surface area contributed by atoms with Crippen molar-refractivity contribution in [2.75, 3.05) is 12.0 Å². The second kappa shape index (κ2) is 8.19. The molecule has 138 valence electrons. The molecule has 1 aromatic heterocycles. The summed E-state index contributed by atoms with van der Waals surface area (Å²) in [5.74, 6) is -0.620. The maximum absolute atomic E-state index is 12.8. The number of amides is 1. The predicted molar refractivity (Wildman–Crippen MR) is 99.4 cm³/mol. The fourth-order valence-electron chi connectivity index (χ4n) is 2.24. The zero-order valence-electron chi connectivity index (χ0n) is 15.2. The molecule has 2 rings (SSSR count). The van der Waals surface area contributed by atoms with Gasteiger partial charge in [-0.25, -0.2) is 14.6 Å². The molecule has 0 saturated heterocycles. The molecule has 0 bridgehead atoms. The van der Waals surface area contributed by atoms with Crippen molar-refractivity contribution in [1.82, 2.24) is 4.98 Å². The molecule has 1 amide bonds. The number of nitrogens with zero attached hydrogens (tertiary/aromatic N) is 2. The molecule has 0 spiro atoms. The Balaban J connectivity index is 2.51. The third kappa shape index (κ3) is 5.20. The Kier molecular flexibility index (Phi) is 6.21. The molecule has 0 atom stereocenters. The van der Waals surface area contributed by atoms with E-state index in [1.807, 2.05) is 30.3 Å². The number of aromatic nitrogens is 1. The lowest BCUT2D eigenvalue weighted by atomic mass is 10.1. The lowest BCUT2D eigenvalue weighted by molar-refractivity contribution is 0.0576. The fourth-order valence-corrected chi connectivity index (χ4v) is 2.39. The Bertz CT molecular complexity index is 788. The molecule has 0 saturated carbocycles. The van der Waals surface area contributed by atoms with Crippen LogP contribution in [0.2, 0.25) is 5.15 Å². The first-order valence-electron chi connectivity index (χ1n) is 7.99. The van der Waals surface area contributed by atoms with Crippen molar-refractivity contribution in [3.8, 4) is 0 Å². The fraction of sp³-hybridized carbons (Fsp3) is 0.316. The van der Waals surface area contributed by atoms with Crippen LogP contribution in [0.1, 0.15) is 36.7 Å². The van der Waals surface area contributed by atoms with Crippen molar-refractivity contribution < 1.29 is 19.1 Å². The van der Waals surface area contributed by atoms with E-state index in [1.54, 1.807) is 20.8 Å². The van der Waals surface area contributed by atoms with Gasteiger partial charge in [0.2, 0.25) is 0 Å². The molecule has 0 unspecified atom stereocenters. The lowest BCUT2D eigenvalue weighted by Crippen LogP contribution is -2.37. The third-order valence-corrected chi connectivity index (χ3v) is 3.55. The summed E-state index contributed by atoms with van der Waals surface area (Å²) in [7, 11) is 1.26. The first-order valence-corrected chi connectivity index (χ1v) is 8.37. The van der Waals surface area contributed by atoms with Gasteiger partial charge in [-0.15, -0.1) is 0 Å². The van der Waals surface area contributed by atoms with Gasteiger partial charge in [-0.1, -0.05) is 41.9 Å². The minimum absolute atomic E-state index is 0.124. The van der Waals surface area contributed by atoms with Crippen LogP contribution in [-0.2, 0) is 16.0 Å². The van der Waals surface area contributed by atoms with Crippen LogP contribution < -0.4 is 4.90 Å². The third-order valence-electron chi connectivity index (χ3n) is 3.34. The summed E-state index contributed by atoms with van der Waals surface area (Å²) >= 11 is 6.01. The van der Waals surface area contributed by atoms with Crippen LogP contribution in [0.25, 0.3) is 0 Å². The Morgan fingerprint density at radius 3 is 2.42 bits per heavy atom. The summed E-state index contributed by atoms with van der Waals surface area (Å²) in [6.45, 7) is 5.51. The zero-order valence-corrected chi connectivity index (χ0v) is 15.9. The van der Waals surface area contributed by atoms with Gasteiger partial charge in [-0.2, -0.15) is 0 Å². The number of ether oxygens (including phenoxy) is 2. The summed E-state index contributed by atoms with van der Waals surface area (Å²) in [6.07, 6.45) is 0.681. The molecular formula is C19H21ClN2O4. The van der Waals surface area contributed by atoms with Crippen LogP contribution >= 0.6 is 11.6 Å². The van der Waals surface area contributed by atoms with Crippen LogP contribution in [-0.4, -0.2) is 29.8 Å². The second-order valence-electron chi connectivity index (χ2n) is 6.57. The van der Waals surface area contributed by atoms with Crippen molar-refractivity contribution in [3.05, 3.63) is 58.9 Å². The van der Waals surface area contributed by atoms with E-state index in [0.717, 1.165) is 5.56 Å². The van der Waals surface area contributed by atoms with Crippen molar-refractivity contribution in [1.29, 1.82) is 0 Å². The Labute approximate surface area is 157 Å². The number of rotatable bonds is 4. The van der Waals surface area contributed by atoms with Gasteiger partial charge in [-0.05, 0) is 26.3 Å². The highest BCUT2D eigenvalue weighted by Gasteiger charge is 2.28. The largest absolute Gasteiger partial charge is 0.465 e. The first kappa shape index (κ1) is 19.7. The number of esters is 1. The molecule has 2 aromatic rings. The van der Waals surface area contributed by atoms with Gasteiger partial charge in [0, 0.05) is 12.3 Å². The van der Waals surface area contributed by atoms with Gasteiger partial charge in [0.1, 0.15) is 16.3 Å². The summed E-state index contributed by atoms with van der Waals surface area (Å²) in [5, 5.41) is 0.147. The summed E-state index contributed by atoms with van der Waals surface area (Å²) in [4.78, 5) is 30.2. The van der Waals surface area contributed by atoms with Crippen LogP contribution in [0.5, 0.6) is 0 Å². The molecule has 1 aromatic carbocycles. The van der Waals surface area contributed by atoms with Gasteiger partial charge >= 0.3 is 12.1 Å². The van der Waals surface area contributed by atoms with E-state index in [4.69, 9.17) is 21.1 Å². The lowest BCUT2D eigenvalue weighted by Gasteiger charge is -2.28. The summed E-state index contributed by atoms with van der Waals surface area (Å²) in [6, 6.07) is 10.8. The Morgan fingerprint density at radius 1 is 1.19 bits per heavy atom. The highest BCUT2D eigenvalue weighted by molar-refractivity contribution is 6.30. The molecule has 26 heavy (non-hydrogen) atoms. The molecule has 0 aliphatic carbocycles. The number of halogens is 1. The number of hydrogen-bond acceptors (Lipinski definition) is 5. The highest BCUT2D eigenvalue weighted by Crippen LogP contribution is 2.27. The quantitative estimate of drug-likeness (QED) is 0.582. The number of benzene rings is 1. The van der Waals surface area contributed by atoms with Crippen LogP contribution in [0, 0.1) is 0 Å². The first-order chi connectivity index (χ1) is 12.2. The van der Waals surface area contributed by atoms with Gasteiger partial charge in [-0.3, -0.25) is 4.90 Å². The molecule has 0 fully saturated rings. The van der Waals surface area contributed by atoms with Gasteiger partial charge < -0.3 is 9.47 Å². The van der Waals surface area contributed by atoms with Gasteiger partial charge in [0.15, 0.2) is 0 Å². The normalized spacial score (nSPS) is 11.0. The predicted octanol–water partition coefficient (Wildman–Crippen LogP) is 4.46. The van der Waals surface area contributed by atoms with Gasteiger partial charge in [0.05, 0.1) is 19.3 Å². The van der Waals surface area contributed by atoms with Crippen molar-refractivity contribution in [3.63, 3.8) is 0 Å². The number of carbonyl (C=O) groups excluding carboxylic acids is 2. The van der Waals surface area contributed by atoms with Crippen molar-refractivity contribution in [2.45, 2.75) is 32.9 Å². The molecular weight excluding hydrogens is 356 g/mol. The summed E-state index contributed by atoms with van der Waals surface area (Å²) < 4.78 is 10.3. The zero-order chi connectivity index (χ0) is 19.3. The van der Waals surface area contributed by atoms with Crippen LogP contribution in [0.3, 0.4) is 0 Å². The number of hydrogen-bond donors (Lipinski definition) is 0. The Hall–Kier alpha value is -2.60. The minimum atomic E-state index is -0.700. The topological polar surface area (TPSA) is 68.7 Å². The standard InChI is InChI=1S/C19H21ClN2O4/c1-19(2,3)26-18(24)22(12-13-8-6-5-7-9-13)15-10-16(20)21-11-14(15)17(23)25-4/h5-11H,12H2,1-4H3. The average Bonchev–Trinajstić information content (AvgIpc) is 2.58. The molecule has 6 nitrogen and oxygen atoms in total. The van der Waals surface area contributed by atoms with Crippen molar-refractivity contribution >= 4 is 29.4 Å². The SMILES string of the molecule is COC(=O)c1cnc(Cl)cc1N(Cc1ccccc1)C(=O)OC(C)(C)C. The van der Waals surface area contributed by atoms with Crippen LogP contribution in [0.15, 0.2) is 42.6 Å². The molecule has 0 N–H and O–H groups in total. The highest BCUT2D eigenvalue weighted by atomic mass is 35.5. The minimum Gasteiger partial charge on any atom is -0.465 e. The Morgan fingerprint density at radius 2 is 1.85 bits per heavy atom. The van der Waals surface area contributed by atoms with E-state index in [9.17, 15) is 9.59 Å². The van der Waals surface area contributed by atoms with E-state index in [0.29, 0.717) is 0 Å². The van der Waals surface area contributed by atoms with E-state index in [2.05, 4.69) is 4.98 Å². The van der Waals surface area contributed by atoms with E-state index < -0.39 is 17.7 Å². The number of anilines is 1. The van der Waals surface area contributed by atoms with Crippen LogP contribution in [0.4, 0.5) is 10.5 Å². The van der Waals surface area contributed by atoms with Crippen molar-refractivity contribution in [2.24, 2.45) is 0 Å². The van der Waals surface area contributed by atoms with Gasteiger partial charge in [0.25, 0.3) is 0 Å². The molecule has 0 aliphatic rings. The number of carbonyl (C=O) groups is 2. The second-order valence-corrected chi connectivity index (χ2v) is 6.96. The summed E-state index contributed by atoms with van der Waals surface area (Å²) in [5.41, 5.74) is 0.560. The molecule has 1 heterocycles. The van der Waals surface area contributed by atoms with E-state index in [1.165, 1.54) is 24.3 Å². The maximum Gasteiger partial charge on any atom is 0.415 e. The maximum atomic E-state index is 12.8. The smallest absolute Gasteiger partial charge is 0.415 e. The average molecular weight is 377 g/mol. The van der Waals surface area contributed by atoms with E-state index >= 15 is 0 Å².